The van der Waals surface area contributed by atoms with Crippen molar-refractivity contribution in [3.63, 3.8) is 0 Å². The third kappa shape index (κ3) is 4.15. The molecule has 0 aromatic heterocycles. The van der Waals surface area contributed by atoms with Gasteiger partial charge < -0.3 is 14.9 Å². The molecule has 9 heteroatoms. The lowest BCUT2D eigenvalue weighted by atomic mass is 10.3. The predicted octanol–water partition coefficient (Wildman–Crippen LogP) is 4.56. The van der Waals surface area contributed by atoms with Crippen LogP contribution in [-0.2, 0) is 19.7 Å². The van der Waals surface area contributed by atoms with Gasteiger partial charge in [-0.15, -0.1) is 0 Å². The lowest BCUT2D eigenvalue weighted by Crippen LogP contribution is -2.07. The van der Waals surface area contributed by atoms with Crippen molar-refractivity contribution >= 4 is 19.7 Å². The van der Waals surface area contributed by atoms with Crippen LogP contribution in [0.2, 0.25) is 0 Å². The molecule has 0 saturated carbocycles. The number of hydrogen-bond donors (Lipinski definition) is 2. The maximum absolute atomic E-state index is 13.2. The first kappa shape index (κ1) is 22.4. The van der Waals surface area contributed by atoms with Gasteiger partial charge in [-0.3, -0.25) is 0 Å². The molecule has 0 saturated heterocycles. The maximum atomic E-state index is 13.2. The molecular formula is C24H18O7S2. The molecule has 2 N–H and O–H groups in total. The van der Waals surface area contributed by atoms with Gasteiger partial charge in [-0.25, -0.2) is 16.8 Å². The van der Waals surface area contributed by atoms with Crippen LogP contribution in [0.5, 0.6) is 23.0 Å². The molecule has 33 heavy (non-hydrogen) atoms. The predicted molar refractivity (Wildman–Crippen MR) is 120 cm³/mol. The Morgan fingerprint density at radius 3 is 1.21 bits per heavy atom. The van der Waals surface area contributed by atoms with Crippen LogP contribution >= 0.6 is 0 Å². The van der Waals surface area contributed by atoms with Crippen molar-refractivity contribution in [3.8, 4) is 23.0 Å². The van der Waals surface area contributed by atoms with E-state index in [1.807, 2.05) is 0 Å². The van der Waals surface area contributed by atoms with Gasteiger partial charge in [0.2, 0.25) is 19.7 Å². The molecule has 7 nitrogen and oxygen atoms in total. The average Bonchev–Trinajstić information content (AvgIpc) is 2.82. The highest BCUT2D eigenvalue weighted by molar-refractivity contribution is 7.92. The number of aromatic hydroxyl groups is 2. The Labute approximate surface area is 191 Å². The summed E-state index contributed by atoms with van der Waals surface area (Å²) < 4.78 is 58.5. The van der Waals surface area contributed by atoms with Crippen molar-refractivity contribution in [2.24, 2.45) is 0 Å². The van der Waals surface area contributed by atoms with E-state index in [2.05, 4.69) is 0 Å². The van der Waals surface area contributed by atoms with Gasteiger partial charge in [-0.2, -0.15) is 0 Å². The van der Waals surface area contributed by atoms with E-state index in [1.54, 1.807) is 36.4 Å². The van der Waals surface area contributed by atoms with E-state index < -0.39 is 42.7 Å². The summed E-state index contributed by atoms with van der Waals surface area (Å²) >= 11 is 0. The van der Waals surface area contributed by atoms with Gasteiger partial charge in [0.1, 0.15) is 9.79 Å². The number of benzene rings is 4. The van der Waals surface area contributed by atoms with Gasteiger partial charge >= 0.3 is 0 Å². The second-order valence-corrected chi connectivity index (χ2v) is 10.8. The largest absolute Gasteiger partial charge is 0.504 e. The highest BCUT2D eigenvalue weighted by atomic mass is 32.2. The van der Waals surface area contributed by atoms with Crippen molar-refractivity contribution in [3.05, 3.63) is 97.1 Å². The third-order valence-corrected chi connectivity index (χ3v) is 8.39. The van der Waals surface area contributed by atoms with Gasteiger partial charge in [0.05, 0.1) is 9.79 Å². The van der Waals surface area contributed by atoms with E-state index in [0.717, 1.165) is 0 Å². The van der Waals surface area contributed by atoms with E-state index in [9.17, 15) is 27.0 Å². The summed E-state index contributed by atoms with van der Waals surface area (Å²) in [6.45, 7) is 0. The zero-order chi connectivity index (χ0) is 23.6. The molecule has 0 spiro atoms. The number of hydrogen-bond acceptors (Lipinski definition) is 7. The van der Waals surface area contributed by atoms with Crippen molar-refractivity contribution in [1.29, 1.82) is 0 Å². The first-order chi connectivity index (χ1) is 15.7. The van der Waals surface area contributed by atoms with E-state index >= 15 is 0 Å². The second-order valence-electron chi connectivity index (χ2n) is 6.94. The monoisotopic (exact) mass is 482 g/mol. The summed E-state index contributed by atoms with van der Waals surface area (Å²) in [4.78, 5) is -0.871. The van der Waals surface area contributed by atoms with Crippen LogP contribution in [0.3, 0.4) is 0 Å². The molecule has 0 aliphatic carbocycles. The fourth-order valence-electron chi connectivity index (χ4n) is 3.19. The molecule has 0 aliphatic heterocycles. The molecular weight excluding hydrogens is 464 g/mol. The van der Waals surface area contributed by atoms with Gasteiger partial charge in [0.25, 0.3) is 0 Å². The number of sulfone groups is 2. The topological polar surface area (TPSA) is 118 Å². The smallest absolute Gasteiger partial charge is 0.210 e. The van der Waals surface area contributed by atoms with Gasteiger partial charge in [0, 0.05) is 0 Å². The molecule has 0 atom stereocenters. The molecule has 4 aromatic rings. The van der Waals surface area contributed by atoms with Crippen LogP contribution < -0.4 is 4.74 Å². The summed E-state index contributed by atoms with van der Waals surface area (Å²) in [7, 11) is -8.28. The van der Waals surface area contributed by atoms with Crippen molar-refractivity contribution in [2.45, 2.75) is 19.6 Å². The Kier molecular flexibility index (Phi) is 5.84. The highest BCUT2D eigenvalue weighted by Gasteiger charge is 2.29. The lowest BCUT2D eigenvalue weighted by Gasteiger charge is -2.17. The van der Waals surface area contributed by atoms with Crippen molar-refractivity contribution < 1.29 is 31.8 Å². The normalized spacial score (nSPS) is 11.8. The molecule has 4 rings (SSSR count). The molecule has 4 aromatic carbocycles. The fraction of sp³-hybridized carbons (Fsp3) is 0. The maximum Gasteiger partial charge on any atom is 0.210 e. The number of phenolic OH excluding ortho intramolecular Hbond substituents is 2. The minimum Gasteiger partial charge on any atom is -0.504 e. The number of rotatable bonds is 6. The number of ether oxygens (including phenoxy) is 1. The zero-order valence-electron chi connectivity index (χ0n) is 17.0. The molecule has 168 valence electrons. The molecule has 0 aliphatic rings. The zero-order valence-corrected chi connectivity index (χ0v) is 18.6. The summed E-state index contributed by atoms with van der Waals surface area (Å²) in [6.07, 6.45) is 0. The molecule has 0 heterocycles. The van der Waals surface area contributed by atoms with E-state index in [0.29, 0.717) is 0 Å². The standard InChI is InChI=1S/C24H18O7S2/c25-19-13-7-15-21(32(27,28)17-9-3-1-4-10-17)23(19)31-24-20(26)14-8-16-22(24)33(29,30)18-11-5-2-6-12-18/h1-16,25-26H. The Balaban J connectivity index is 1.89. The number of phenols is 2. The summed E-state index contributed by atoms with van der Waals surface area (Å²) in [6, 6.07) is 22.5. The molecule has 0 fully saturated rings. The van der Waals surface area contributed by atoms with Crippen LogP contribution in [0.1, 0.15) is 0 Å². The molecule has 0 unspecified atom stereocenters. The molecule has 0 radical (unpaired) electrons. The Morgan fingerprint density at radius 1 is 0.485 bits per heavy atom. The first-order valence-corrected chi connectivity index (χ1v) is 12.6. The quantitative estimate of drug-likeness (QED) is 0.414. The van der Waals surface area contributed by atoms with Crippen LogP contribution in [0, 0.1) is 0 Å². The van der Waals surface area contributed by atoms with Crippen LogP contribution in [0.25, 0.3) is 0 Å². The van der Waals surface area contributed by atoms with Crippen LogP contribution in [-0.4, -0.2) is 27.0 Å². The molecule has 0 amide bonds. The Bertz CT molecular complexity index is 1400. The lowest BCUT2D eigenvalue weighted by molar-refractivity contribution is 0.370. The van der Waals surface area contributed by atoms with Crippen molar-refractivity contribution in [1.82, 2.24) is 0 Å². The van der Waals surface area contributed by atoms with E-state index in [-0.39, 0.29) is 19.6 Å². The van der Waals surface area contributed by atoms with E-state index in [4.69, 9.17) is 4.74 Å². The first-order valence-electron chi connectivity index (χ1n) is 9.65. The van der Waals surface area contributed by atoms with Crippen molar-refractivity contribution in [2.75, 3.05) is 0 Å². The van der Waals surface area contributed by atoms with Crippen LogP contribution in [0.15, 0.2) is 117 Å². The Morgan fingerprint density at radius 2 is 0.848 bits per heavy atom. The SMILES string of the molecule is O=S(=O)(c1ccccc1)c1cccc(O)c1Oc1c(O)cccc1S(=O)(=O)c1ccccc1. The second kappa shape index (κ2) is 8.61. The minimum absolute atomic E-state index is 0.0464. The minimum atomic E-state index is -4.14. The van der Waals surface area contributed by atoms with Gasteiger partial charge in [0.15, 0.2) is 23.0 Å². The summed E-state index contributed by atoms with van der Waals surface area (Å²) in [5.41, 5.74) is 0. The highest BCUT2D eigenvalue weighted by Crippen LogP contribution is 2.45. The van der Waals surface area contributed by atoms with Gasteiger partial charge in [-0.05, 0) is 48.5 Å². The Hall–Kier alpha value is -3.82. The third-order valence-electron chi connectivity index (χ3n) is 4.81. The van der Waals surface area contributed by atoms with Gasteiger partial charge in [-0.1, -0.05) is 48.5 Å². The fourth-order valence-corrected chi connectivity index (χ4v) is 6.03. The number of para-hydroxylation sites is 2. The average molecular weight is 483 g/mol. The molecule has 0 bridgehead atoms. The van der Waals surface area contributed by atoms with Crippen LogP contribution in [0.4, 0.5) is 0 Å². The summed E-state index contributed by atoms with van der Waals surface area (Å²) in [5.74, 6) is -2.10. The summed E-state index contributed by atoms with van der Waals surface area (Å²) in [5, 5.41) is 20.9. The van der Waals surface area contributed by atoms with E-state index in [1.165, 1.54) is 60.7 Å².